The van der Waals surface area contributed by atoms with Crippen LogP contribution in [0.2, 0.25) is 0 Å². The third kappa shape index (κ3) is 6.98. The van der Waals surface area contributed by atoms with E-state index >= 15 is 0 Å². The van der Waals surface area contributed by atoms with Crippen molar-refractivity contribution in [3.05, 3.63) is 59.7 Å². The van der Waals surface area contributed by atoms with Gasteiger partial charge in [-0.1, -0.05) is 45.2 Å². The zero-order chi connectivity index (χ0) is 21.2. The molecule has 1 saturated heterocycles. The zero-order valence-corrected chi connectivity index (χ0v) is 19.6. The summed E-state index contributed by atoms with van der Waals surface area (Å²) in [4.78, 5) is 12.4. The summed E-state index contributed by atoms with van der Waals surface area (Å²) in [5, 5.41) is 0. The van der Waals surface area contributed by atoms with Crippen molar-refractivity contribution in [2.45, 2.75) is 50.5 Å². The molecule has 0 bridgehead atoms. The molecule has 0 aliphatic carbocycles. The lowest BCUT2D eigenvalue weighted by Gasteiger charge is -2.28. The molecule has 0 unspecified atom stereocenters. The van der Waals surface area contributed by atoms with E-state index < -0.39 is 0 Å². The summed E-state index contributed by atoms with van der Waals surface area (Å²) < 4.78 is 11.7. The first-order valence-electron chi connectivity index (χ1n) is 11.0. The van der Waals surface area contributed by atoms with E-state index in [4.69, 9.17) is 9.47 Å². The van der Waals surface area contributed by atoms with Gasteiger partial charge in [-0.15, -0.1) is 23.5 Å². The Bertz CT molecular complexity index is 766. The predicted molar refractivity (Wildman–Crippen MR) is 129 cm³/mol. The molecule has 30 heavy (non-hydrogen) atoms. The molecule has 1 aliphatic heterocycles. The summed E-state index contributed by atoms with van der Waals surface area (Å²) in [6, 6.07) is 15.1. The number of carbonyl (C=O) groups is 1. The van der Waals surface area contributed by atoms with Gasteiger partial charge in [-0.2, -0.15) is 0 Å². The van der Waals surface area contributed by atoms with Gasteiger partial charge in [0.05, 0.1) is 16.8 Å². The van der Waals surface area contributed by atoms with E-state index in [-0.39, 0.29) is 5.97 Å². The van der Waals surface area contributed by atoms with Crippen LogP contribution in [-0.4, -0.2) is 24.1 Å². The number of unbranched alkanes of at least 4 members (excludes halogenated alkanes) is 2. The second kappa shape index (κ2) is 12.3. The first kappa shape index (κ1) is 23.1. The minimum absolute atomic E-state index is 0.344. The Morgan fingerprint density at radius 1 is 0.900 bits per heavy atom. The molecule has 0 saturated carbocycles. The van der Waals surface area contributed by atoms with Crippen LogP contribution in [0.5, 0.6) is 11.5 Å². The standard InChI is InChI=1S/C25H32O3S2/c1-3-5-7-19-17-29-25(30-18-19)21-10-14-23(15-11-21)28-24(26)20-8-12-22(13-9-20)27-16-6-4-2/h8-15,19,25H,3-7,16-18H2,1-2H3. The van der Waals surface area contributed by atoms with Crippen LogP contribution < -0.4 is 9.47 Å². The monoisotopic (exact) mass is 444 g/mol. The molecule has 3 rings (SSSR count). The Labute approximate surface area is 189 Å². The highest BCUT2D eigenvalue weighted by molar-refractivity contribution is 8.16. The van der Waals surface area contributed by atoms with Crippen molar-refractivity contribution < 1.29 is 14.3 Å². The lowest BCUT2D eigenvalue weighted by atomic mass is 10.1. The van der Waals surface area contributed by atoms with Crippen LogP contribution in [0.15, 0.2) is 48.5 Å². The van der Waals surface area contributed by atoms with E-state index in [0.29, 0.717) is 22.5 Å². The molecule has 0 aromatic heterocycles. The largest absolute Gasteiger partial charge is 0.494 e. The van der Waals surface area contributed by atoms with Crippen LogP contribution in [0.4, 0.5) is 0 Å². The number of rotatable bonds is 10. The van der Waals surface area contributed by atoms with E-state index in [1.165, 1.54) is 36.3 Å². The van der Waals surface area contributed by atoms with Gasteiger partial charge < -0.3 is 9.47 Å². The maximum Gasteiger partial charge on any atom is 0.343 e. The second-order valence-corrected chi connectivity index (χ2v) is 10.3. The first-order valence-corrected chi connectivity index (χ1v) is 13.1. The van der Waals surface area contributed by atoms with Crippen LogP contribution in [0.3, 0.4) is 0 Å². The summed E-state index contributed by atoms with van der Waals surface area (Å²) in [6.45, 7) is 5.09. The number of thioether (sulfide) groups is 2. The van der Waals surface area contributed by atoms with Crippen LogP contribution >= 0.6 is 23.5 Å². The molecule has 1 aliphatic rings. The van der Waals surface area contributed by atoms with E-state index in [9.17, 15) is 4.79 Å². The number of carbonyl (C=O) groups excluding carboxylic acids is 1. The van der Waals surface area contributed by atoms with Crippen LogP contribution in [0.25, 0.3) is 0 Å². The SMILES string of the molecule is CCCCOc1ccc(C(=O)Oc2ccc(C3SCC(CCCC)CS3)cc2)cc1. The molecule has 0 N–H and O–H groups in total. The van der Waals surface area contributed by atoms with Gasteiger partial charge in [0, 0.05) is 0 Å². The molecule has 162 valence electrons. The van der Waals surface area contributed by atoms with Gasteiger partial charge in [0.25, 0.3) is 0 Å². The van der Waals surface area contributed by atoms with Crippen molar-refractivity contribution in [3.8, 4) is 11.5 Å². The normalized spacial score (nSPS) is 18.7. The highest BCUT2D eigenvalue weighted by Gasteiger charge is 2.23. The van der Waals surface area contributed by atoms with Crippen molar-refractivity contribution in [1.29, 1.82) is 0 Å². The predicted octanol–water partition coefficient (Wildman–Crippen LogP) is 7.37. The van der Waals surface area contributed by atoms with Gasteiger partial charge >= 0.3 is 5.97 Å². The molecule has 2 aromatic rings. The fourth-order valence-electron chi connectivity index (χ4n) is 3.28. The van der Waals surface area contributed by atoms with E-state index in [1.807, 2.05) is 47.8 Å². The maximum absolute atomic E-state index is 12.4. The molecule has 0 spiro atoms. The molecule has 0 atom stereocenters. The average Bonchev–Trinajstić information content (AvgIpc) is 2.79. The highest BCUT2D eigenvalue weighted by Crippen LogP contribution is 2.46. The molecule has 5 heteroatoms. The fourth-order valence-corrected chi connectivity index (χ4v) is 6.44. The van der Waals surface area contributed by atoms with Crippen LogP contribution in [0, 0.1) is 5.92 Å². The van der Waals surface area contributed by atoms with E-state index in [1.54, 1.807) is 12.1 Å². The molecule has 0 radical (unpaired) electrons. The molecule has 1 fully saturated rings. The third-order valence-corrected chi connectivity index (χ3v) is 8.45. The lowest BCUT2D eigenvalue weighted by molar-refractivity contribution is 0.0734. The minimum atomic E-state index is -0.344. The molecule has 1 heterocycles. The molecule has 0 amide bonds. The van der Waals surface area contributed by atoms with E-state index in [2.05, 4.69) is 26.0 Å². The zero-order valence-electron chi connectivity index (χ0n) is 18.0. The third-order valence-electron chi connectivity index (χ3n) is 5.15. The number of esters is 1. The van der Waals surface area contributed by atoms with Crippen molar-refractivity contribution >= 4 is 29.5 Å². The average molecular weight is 445 g/mol. The minimum Gasteiger partial charge on any atom is -0.494 e. The first-order chi connectivity index (χ1) is 14.7. The number of hydrogen-bond acceptors (Lipinski definition) is 5. The molecular weight excluding hydrogens is 412 g/mol. The van der Waals surface area contributed by atoms with Gasteiger partial charge in [0.15, 0.2) is 0 Å². The quantitative estimate of drug-likeness (QED) is 0.217. The Kier molecular flexibility index (Phi) is 9.47. The number of hydrogen-bond donors (Lipinski definition) is 0. The van der Waals surface area contributed by atoms with Crippen molar-refractivity contribution in [2.24, 2.45) is 5.92 Å². The van der Waals surface area contributed by atoms with Crippen molar-refractivity contribution in [2.75, 3.05) is 18.1 Å². The van der Waals surface area contributed by atoms with Gasteiger partial charge in [-0.25, -0.2) is 4.79 Å². The van der Waals surface area contributed by atoms with Crippen LogP contribution in [0.1, 0.15) is 66.5 Å². The summed E-state index contributed by atoms with van der Waals surface area (Å²) in [6.07, 6.45) is 6.10. The summed E-state index contributed by atoms with van der Waals surface area (Å²) in [7, 11) is 0. The van der Waals surface area contributed by atoms with Gasteiger partial charge in [0.2, 0.25) is 0 Å². The van der Waals surface area contributed by atoms with E-state index in [0.717, 1.165) is 24.5 Å². The van der Waals surface area contributed by atoms with Crippen molar-refractivity contribution in [1.82, 2.24) is 0 Å². The van der Waals surface area contributed by atoms with Crippen molar-refractivity contribution in [3.63, 3.8) is 0 Å². The fraction of sp³-hybridized carbons (Fsp3) is 0.480. The number of benzene rings is 2. The Hall–Kier alpha value is -1.59. The Morgan fingerprint density at radius 3 is 2.17 bits per heavy atom. The Balaban J connectivity index is 1.49. The van der Waals surface area contributed by atoms with Gasteiger partial charge in [-0.05, 0) is 72.2 Å². The Morgan fingerprint density at radius 2 is 1.53 bits per heavy atom. The summed E-state index contributed by atoms with van der Waals surface area (Å²) >= 11 is 4.09. The van der Waals surface area contributed by atoms with Gasteiger partial charge in [-0.3, -0.25) is 0 Å². The lowest BCUT2D eigenvalue weighted by Crippen LogP contribution is -2.14. The summed E-state index contributed by atoms with van der Waals surface area (Å²) in [5.41, 5.74) is 1.82. The molecule has 3 nitrogen and oxygen atoms in total. The smallest absolute Gasteiger partial charge is 0.343 e. The van der Waals surface area contributed by atoms with Gasteiger partial charge in [0.1, 0.15) is 11.5 Å². The second-order valence-electron chi connectivity index (χ2n) is 7.69. The number of ether oxygens (including phenoxy) is 2. The highest BCUT2D eigenvalue weighted by atomic mass is 32.2. The maximum atomic E-state index is 12.4. The van der Waals surface area contributed by atoms with Crippen LogP contribution in [-0.2, 0) is 0 Å². The molecular formula is C25H32O3S2. The summed E-state index contributed by atoms with van der Waals surface area (Å²) in [5.74, 6) is 4.35. The topological polar surface area (TPSA) is 35.5 Å². The molecule has 2 aromatic carbocycles.